The Kier molecular flexibility index (Phi) is 9.20. The second-order valence-corrected chi connectivity index (χ2v) is 10.7. The number of amides is 1. The molecule has 0 radical (unpaired) electrons. The predicted molar refractivity (Wildman–Crippen MR) is 133 cm³/mol. The van der Waals surface area contributed by atoms with Gasteiger partial charge in [-0.2, -0.15) is 0 Å². The first-order valence-electron chi connectivity index (χ1n) is 9.69. The number of Topliss-reactive ketones (excluding diaryl/α,β-unsaturated/α-hetero) is 1. The first-order valence-corrected chi connectivity index (χ1v) is 12.9. The second-order valence-electron chi connectivity index (χ2n) is 6.91. The van der Waals surface area contributed by atoms with E-state index in [0.717, 1.165) is 14.0 Å². The number of esters is 1. The van der Waals surface area contributed by atoms with Gasteiger partial charge in [-0.1, -0.05) is 35.5 Å². The van der Waals surface area contributed by atoms with Crippen LogP contribution in [-0.4, -0.2) is 59.5 Å². The molecule has 0 bridgehead atoms. The minimum atomic E-state index is -0.420. The van der Waals surface area contributed by atoms with Crippen LogP contribution >= 0.6 is 57.3 Å². The van der Waals surface area contributed by atoms with Gasteiger partial charge >= 0.3 is 5.97 Å². The molecule has 1 saturated heterocycles. The summed E-state index contributed by atoms with van der Waals surface area (Å²) in [5.74, 6) is 0.430. The normalized spacial score (nSPS) is 14.7. The van der Waals surface area contributed by atoms with Gasteiger partial charge in [0.15, 0.2) is 0 Å². The van der Waals surface area contributed by atoms with Crippen molar-refractivity contribution in [3.63, 3.8) is 0 Å². The number of hydrazine groups is 1. The number of ether oxygens (including phenoxy) is 1. The number of halogens is 2. The van der Waals surface area contributed by atoms with E-state index >= 15 is 0 Å². The molecule has 0 aliphatic carbocycles. The largest absolute Gasteiger partial charge is 0.465 e. The molecule has 31 heavy (non-hydrogen) atoms. The molecule has 1 aromatic carbocycles. The SMILES string of the molecule is COC(=O)c1cc(Cl)c(CCN2C(=O)SCCN2CCC(=O)Cc2cccc(I)c2)s1. The van der Waals surface area contributed by atoms with E-state index in [-0.39, 0.29) is 11.0 Å². The summed E-state index contributed by atoms with van der Waals surface area (Å²) in [5.41, 5.74) is 1.01. The Balaban J connectivity index is 1.57. The van der Waals surface area contributed by atoms with Gasteiger partial charge in [0, 0.05) is 53.1 Å². The highest BCUT2D eigenvalue weighted by Gasteiger charge is 2.27. The standard InChI is InChI=1S/C21H22ClIN2O4S2/c1-29-20(27)19-13-17(22)18(31-19)6-8-25-21(28)30-10-9-24(25)7-5-16(26)12-14-3-2-4-15(23)11-14/h2-4,11,13H,5-10,12H2,1H3. The maximum atomic E-state index is 12.5. The molecule has 2 heterocycles. The van der Waals surface area contributed by atoms with Crippen molar-refractivity contribution in [2.24, 2.45) is 0 Å². The number of benzene rings is 1. The van der Waals surface area contributed by atoms with Crippen molar-refractivity contribution < 1.29 is 19.1 Å². The topological polar surface area (TPSA) is 66.9 Å². The summed E-state index contributed by atoms with van der Waals surface area (Å²) < 4.78 is 5.85. The van der Waals surface area contributed by atoms with Crippen LogP contribution in [0, 0.1) is 3.57 Å². The van der Waals surface area contributed by atoms with Crippen LogP contribution in [0.1, 0.15) is 26.5 Å². The Morgan fingerprint density at radius 2 is 2.06 bits per heavy atom. The van der Waals surface area contributed by atoms with Crippen molar-refractivity contribution in [2.75, 3.05) is 32.5 Å². The summed E-state index contributed by atoms with van der Waals surface area (Å²) in [6, 6.07) is 9.52. The molecule has 0 spiro atoms. The van der Waals surface area contributed by atoms with E-state index in [9.17, 15) is 14.4 Å². The predicted octanol–water partition coefficient (Wildman–Crippen LogP) is 4.92. The zero-order valence-electron chi connectivity index (χ0n) is 16.9. The average molecular weight is 593 g/mol. The Labute approximate surface area is 208 Å². The first kappa shape index (κ1) is 24.5. The van der Waals surface area contributed by atoms with Gasteiger partial charge in [-0.05, 0) is 46.4 Å². The monoisotopic (exact) mass is 592 g/mol. The van der Waals surface area contributed by atoms with E-state index in [0.29, 0.717) is 54.5 Å². The fraction of sp³-hybridized carbons (Fsp3) is 0.381. The van der Waals surface area contributed by atoms with E-state index in [4.69, 9.17) is 16.3 Å². The average Bonchev–Trinajstić information content (AvgIpc) is 3.11. The molecule has 1 fully saturated rings. The molecule has 1 aromatic heterocycles. The summed E-state index contributed by atoms with van der Waals surface area (Å²) in [7, 11) is 1.33. The molecule has 2 aromatic rings. The van der Waals surface area contributed by atoms with Crippen LogP contribution in [0.2, 0.25) is 5.02 Å². The van der Waals surface area contributed by atoms with Crippen molar-refractivity contribution in [1.29, 1.82) is 0 Å². The van der Waals surface area contributed by atoms with Gasteiger partial charge in [-0.3, -0.25) is 14.6 Å². The molecule has 0 saturated carbocycles. The van der Waals surface area contributed by atoms with Crippen LogP contribution in [-0.2, 0) is 22.4 Å². The molecule has 0 N–H and O–H groups in total. The zero-order chi connectivity index (χ0) is 22.4. The summed E-state index contributed by atoms with van der Waals surface area (Å²) in [6.45, 7) is 1.65. The third-order valence-corrected chi connectivity index (χ3v) is 7.90. The van der Waals surface area contributed by atoms with E-state index in [2.05, 4.69) is 22.6 Å². The minimum absolute atomic E-state index is 0.0304. The van der Waals surface area contributed by atoms with Crippen molar-refractivity contribution >= 4 is 74.3 Å². The van der Waals surface area contributed by atoms with E-state index in [1.807, 2.05) is 29.3 Å². The Bertz CT molecular complexity index is 969. The number of ketones is 1. The smallest absolute Gasteiger partial charge is 0.348 e. The molecule has 166 valence electrons. The van der Waals surface area contributed by atoms with Gasteiger partial charge < -0.3 is 4.74 Å². The third kappa shape index (κ3) is 6.92. The number of nitrogens with zero attached hydrogens (tertiary/aromatic N) is 2. The third-order valence-electron chi connectivity index (χ3n) is 4.76. The van der Waals surface area contributed by atoms with Crippen LogP contribution in [0.15, 0.2) is 30.3 Å². The summed E-state index contributed by atoms with van der Waals surface area (Å²) in [6.07, 6.45) is 1.31. The Morgan fingerprint density at radius 3 is 2.81 bits per heavy atom. The number of thiophene rings is 1. The Morgan fingerprint density at radius 1 is 1.26 bits per heavy atom. The van der Waals surface area contributed by atoms with Crippen LogP contribution < -0.4 is 0 Å². The number of hydrogen-bond donors (Lipinski definition) is 0. The molecule has 0 unspecified atom stereocenters. The maximum Gasteiger partial charge on any atom is 0.348 e. The number of carbonyl (C=O) groups excluding carboxylic acids is 3. The molecule has 3 rings (SSSR count). The fourth-order valence-corrected chi connectivity index (χ4v) is 6.00. The maximum absolute atomic E-state index is 12.5. The van der Waals surface area contributed by atoms with Gasteiger partial charge in [-0.15, -0.1) is 11.3 Å². The number of carbonyl (C=O) groups is 3. The van der Waals surface area contributed by atoms with E-state index in [1.54, 1.807) is 11.1 Å². The molecule has 6 nitrogen and oxygen atoms in total. The van der Waals surface area contributed by atoms with Crippen molar-refractivity contribution in [1.82, 2.24) is 10.0 Å². The van der Waals surface area contributed by atoms with Gasteiger partial charge in [-0.25, -0.2) is 9.80 Å². The summed E-state index contributed by atoms with van der Waals surface area (Å²) >= 11 is 11.1. The number of hydrogen-bond acceptors (Lipinski definition) is 7. The number of thioether (sulfide) groups is 1. The van der Waals surface area contributed by atoms with Gasteiger partial charge in [0.2, 0.25) is 0 Å². The van der Waals surface area contributed by atoms with Crippen LogP contribution in [0.5, 0.6) is 0 Å². The summed E-state index contributed by atoms with van der Waals surface area (Å²) in [5, 5.41) is 4.12. The lowest BCUT2D eigenvalue weighted by Gasteiger charge is -2.37. The van der Waals surface area contributed by atoms with Gasteiger partial charge in [0.1, 0.15) is 10.7 Å². The molecule has 10 heteroatoms. The van der Waals surface area contributed by atoms with Crippen molar-refractivity contribution in [2.45, 2.75) is 19.3 Å². The van der Waals surface area contributed by atoms with Crippen LogP contribution in [0.3, 0.4) is 0 Å². The minimum Gasteiger partial charge on any atom is -0.465 e. The molecule has 1 amide bonds. The number of rotatable bonds is 9. The van der Waals surface area contributed by atoms with Crippen molar-refractivity contribution in [3.8, 4) is 0 Å². The quantitative estimate of drug-likeness (QED) is 0.304. The fourth-order valence-electron chi connectivity index (χ4n) is 3.22. The lowest BCUT2D eigenvalue weighted by Crippen LogP contribution is -2.50. The van der Waals surface area contributed by atoms with E-state index in [1.165, 1.54) is 30.2 Å². The Hall–Kier alpha value is -1.14. The molecular weight excluding hydrogens is 571 g/mol. The molecule has 0 atom stereocenters. The lowest BCUT2D eigenvalue weighted by molar-refractivity contribution is -0.119. The van der Waals surface area contributed by atoms with Gasteiger partial charge in [0.25, 0.3) is 5.24 Å². The summed E-state index contributed by atoms with van der Waals surface area (Å²) in [4.78, 5) is 38.0. The van der Waals surface area contributed by atoms with E-state index < -0.39 is 5.97 Å². The molecule has 1 aliphatic rings. The van der Waals surface area contributed by atoms with Crippen LogP contribution in [0.25, 0.3) is 0 Å². The second kappa shape index (κ2) is 11.6. The highest BCUT2D eigenvalue weighted by atomic mass is 127. The first-order chi connectivity index (χ1) is 14.9. The highest BCUT2D eigenvalue weighted by molar-refractivity contribution is 14.1. The lowest BCUT2D eigenvalue weighted by atomic mass is 10.1. The van der Waals surface area contributed by atoms with Gasteiger partial charge in [0.05, 0.1) is 12.1 Å². The molecular formula is C21H22ClIN2O4S2. The van der Waals surface area contributed by atoms with Crippen LogP contribution in [0.4, 0.5) is 4.79 Å². The number of methoxy groups -OCH3 is 1. The van der Waals surface area contributed by atoms with Crippen molar-refractivity contribution in [3.05, 3.63) is 54.2 Å². The molecule has 1 aliphatic heterocycles. The highest BCUT2D eigenvalue weighted by Crippen LogP contribution is 2.29. The zero-order valence-corrected chi connectivity index (χ0v) is 21.5.